The number of methoxy groups -OCH3 is 1. The van der Waals surface area contributed by atoms with Crippen LogP contribution in [0.15, 0.2) is 24.3 Å². The van der Waals surface area contributed by atoms with Crippen LogP contribution in [-0.4, -0.2) is 37.2 Å². The van der Waals surface area contributed by atoms with Gasteiger partial charge in [0.15, 0.2) is 0 Å². The van der Waals surface area contributed by atoms with Crippen LogP contribution in [0.1, 0.15) is 25.8 Å². The number of likely N-dealkylation sites (tertiary alicyclic amines) is 1. The van der Waals surface area contributed by atoms with Crippen LogP contribution >= 0.6 is 0 Å². The standard InChI is InChI=1S/C16H26N2O/c1-12-8-15(17)11-18(10-12)13(2)9-14-6-4-5-7-16(14)19-3/h4-7,12-13,15H,8-11,17H2,1-3H3. The van der Waals surface area contributed by atoms with Gasteiger partial charge in [-0.2, -0.15) is 0 Å². The minimum Gasteiger partial charge on any atom is -0.496 e. The monoisotopic (exact) mass is 262 g/mol. The lowest BCUT2D eigenvalue weighted by atomic mass is 9.94. The average molecular weight is 262 g/mol. The first-order chi connectivity index (χ1) is 9.10. The van der Waals surface area contributed by atoms with Gasteiger partial charge in [0.05, 0.1) is 7.11 Å². The number of nitrogens with zero attached hydrogens (tertiary/aromatic N) is 1. The second kappa shape index (κ2) is 6.40. The number of rotatable bonds is 4. The number of ether oxygens (including phenoxy) is 1. The van der Waals surface area contributed by atoms with Gasteiger partial charge in [-0.15, -0.1) is 0 Å². The van der Waals surface area contributed by atoms with E-state index in [0.29, 0.717) is 18.0 Å². The maximum atomic E-state index is 6.14. The van der Waals surface area contributed by atoms with Crippen LogP contribution in [0.5, 0.6) is 5.75 Å². The number of nitrogens with two attached hydrogens (primary N) is 1. The molecule has 2 N–H and O–H groups in total. The van der Waals surface area contributed by atoms with E-state index in [1.165, 1.54) is 5.56 Å². The van der Waals surface area contributed by atoms with Crippen molar-refractivity contribution in [3.63, 3.8) is 0 Å². The fraction of sp³-hybridized carbons (Fsp3) is 0.625. The molecule has 1 aromatic carbocycles. The van der Waals surface area contributed by atoms with Crippen molar-refractivity contribution in [3.8, 4) is 5.75 Å². The highest BCUT2D eigenvalue weighted by molar-refractivity contribution is 5.33. The minimum atomic E-state index is 0.323. The predicted molar refractivity (Wildman–Crippen MR) is 79.5 cm³/mol. The highest BCUT2D eigenvalue weighted by Gasteiger charge is 2.25. The van der Waals surface area contributed by atoms with Crippen LogP contribution in [0, 0.1) is 5.92 Å². The summed E-state index contributed by atoms with van der Waals surface area (Å²) >= 11 is 0. The van der Waals surface area contributed by atoms with Gasteiger partial charge in [0, 0.05) is 25.2 Å². The first kappa shape index (κ1) is 14.4. The van der Waals surface area contributed by atoms with Gasteiger partial charge in [-0.1, -0.05) is 25.1 Å². The number of para-hydroxylation sites is 1. The van der Waals surface area contributed by atoms with E-state index in [-0.39, 0.29) is 0 Å². The van der Waals surface area contributed by atoms with Crippen molar-refractivity contribution in [2.75, 3.05) is 20.2 Å². The van der Waals surface area contributed by atoms with Crippen molar-refractivity contribution in [3.05, 3.63) is 29.8 Å². The summed E-state index contributed by atoms with van der Waals surface area (Å²) in [5.41, 5.74) is 7.42. The van der Waals surface area contributed by atoms with Crippen molar-refractivity contribution in [1.82, 2.24) is 4.90 Å². The minimum absolute atomic E-state index is 0.323. The van der Waals surface area contributed by atoms with Crippen LogP contribution in [0.4, 0.5) is 0 Å². The third kappa shape index (κ3) is 3.71. The summed E-state index contributed by atoms with van der Waals surface area (Å²) in [6.45, 7) is 6.75. The molecule has 1 aliphatic heterocycles. The Hall–Kier alpha value is -1.06. The van der Waals surface area contributed by atoms with E-state index in [9.17, 15) is 0 Å². The van der Waals surface area contributed by atoms with Crippen molar-refractivity contribution in [2.45, 2.75) is 38.8 Å². The summed E-state index contributed by atoms with van der Waals surface area (Å²) < 4.78 is 5.43. The van der Waals surface area contributed by atoms with Gasteiger partial charge in [-0.05, 0) is 37.3 Å². The van der Waals surface area contributed by atoms with Gasteiger partial charge < -0.3 is 10.5 Å². The third-order valence-corrected chi connectivity index (χ3v) is 4.05. The molecule has 19 heavy (non-hydrogen) atoms. The summed E-state index contributed by atoms with van der Waals surface area (Å²) in [6, 6.07) is 9.12. The third-order valence-electron chi connectivity index (χ3n) is 4.05. The predicted octanol–water partition coefficient (Wildman–Crippen LogP) is 2.30. The fourth-order valence-electron chi connectivity index (χ4n) is 3.12. The Balaban J connectivity index is 2.02. The molecule has 0 saturated carbocycles. The molecule has 0 aliphatic carbocycles. The van der Waals surface area contributed by atoms with Crippen LogP contribution in [-0.2, 0) is 6.42 Å². The molecule has 3 atom stereocenters. The molecule has 1 aliphatic rings. The first-order valence-corrected chi connectivity index (χ1v) is 7.21. The molecular weight excluding hydrogens is 236 g/mol. The second-order valence-electron chi connectivity index (χ2n) is 5.92. The molecule has 1 aromatic rings. The Labute approximate surface area is 116 Å². The molecule has 0 aromatic heterocycles. The van der Waals surface area contributed by atoms with E-state index in [4.69, 9.17) is 10.5 Å². The molecule has 0 radical (unpaired) electrons. The van der Waals surface area contributed by atoms with E-state index in [0.717, 1.165) is 31.7 Å². The van der Waals surface area contributed by atoms with Gasteiger partial charge in [0.25, 0.3) is 0 Å². The molecule has 3 unspecified atom stereocenters. The van der Waals surface area contributed by atoms with Crippen LogP contribution in [0.3, 0.4) is 0 Å². The summed E-state index contributed by atoms with van der Waals surface area (Å²) in [4.78, 5) is 2.52. The molecule has 0 amide bonds. The van der Waals surface area contributed by atoms with Crippen molar-refractivity contribution in [1.29, 1.82) is 0 Å². The maximum Gasteiger partial charge on any atom is 0.122 e. The van der Waals surface area contributed by atoms with E-state index in [1.807, 2.05) is 12.1 Å². The number of hydrogen-bond acceptors (Lipinski definition) is 3. The average Bonchev–Trinajstić information content (AvgIpc) is 2.38. The van der Waals surface area contributed by atoms with Crippen molar-refractivity contribution in [2.24, 2.45) is 11.7 Å². The SMILES string of the molecule is COc1ccccc1CC(C)N1CC(C)CC(N)C1. The molecule has 106 valence electrons. The van der Waals surface area contributed by atoms with E-state index in [2.05, 4.69) is 30.9 Å². The Kier molecular flexibility index (Phi) is 4.83. The zero-order chi connectivity index (χ0) is 13.8. The lowest BCUT2D eigenvalue weighted by Gasteiger charge is -2.38. The lowest BCUT2D eigenvalue weighted by molar-refractivity contribution is 0.123. The largest absolute Gasteiger partial charge is 0.496 e. The molecule has 2 rings (SSSR count). The highest BCUT2D eigenvalue weighted by atomic mass is 16.5. The molecule has 0 bridgehead atoms. The smallest absolute Gasteiger partial charge is 0.122 e. The highest BCUT2D eigenvalue weighted by Crippen LogP contribution is 2.23. The maximum absolute atomic E-state index is 6.14. The Morgan fingerprint density at radius 2 is 2.11 bits per heavy atom. The number of piperidine rings is 1. The number of hydrogen-bond donors (Lipinski definition) is 1. The summed E-state index contributed by atoms with van der Waals surface area (Å²) in [6.07, 6.45) is 2.17. The topological polar surface area (TPSA) is 38.5 Å². The van der Waals surface area contributed by atoms with Crippen LogP contribution in [0.2, 0.25) is 0 Å². The molecule has 1 heterocycles. The Bertz CT molecular complexity index is 397. The normalized spacial score (nSPS) is 26.1. The Morgan fingerprint density at radius 3 is 2.79 bits per heavy atom. The zero-order valence-electron chi connectivity index (χ0n) is 12.3. The van der Waals surface area contributed by atoms with Crippen LogP contribution < -0.4 is 10.5 Å². The van der Waals surface area contributed by atoms with Crippen molar-refractivity contribution >= 4 is 0 Å². The van der Waals surface area contributed by atoms with E-state index in [1.54, 1.807) is 7.11 Å². The summed E-state index contributed by atoms with van der Waals surface area (Å²) in [7, 11) is 1.74. The van der Waals surface area contributed by atoms with Gasteiger partial charge in [-0.3, -0.25) is 4.90 Å². The van der Waals surface area contributed by atoms with Gasteiger partial charge >= 0.3 is 0 Å². The lowest BCUT2D eigenvalue weighted by Crippen LogP contribution is -2.50. The molecule has 1 saturated heterocycles. The quantitative estimate of drug-likeness (QED) is 0.905. The Morgan fingerprint density at radius 1 is 1.37 bits per heavy atom. The van der Waals surface area contributed by atoms with Gasteiger partial charge in [-0.25, -0.2) is 0 Å². The van der Waals surface area contributed by atoms with Crippen LogP contribution in [0.25, 0.3) is 0 Å². The molecule has 3 nitrogen and oxygen atoms in total. The molecular formula is C16H26N2O. The van der Waals surface area contributed by atoms with Crippen molar-refractivity contribution < 1.29 is 4.74 Å². The second-order valence-corrected chi connectivity index (χ2v) is 5.92. The van der Waals surface area contributed by atoms with E-state index >= 15 is 0 Å². The first-order valence-electron chi connectivity index (χ1n) is 7.21. The molecule has 0 spiro atoms. The summed E-state index contributed by atoms with van der Waals surface area (Å²) in [5.74, 6) is 1.69. The van der Waals surface area contributed by atoms with E-state index < -0.39 is 0 Å². The number of benzene rings is 1. The zero-order valence-corrected chi connectivity index (χ0v) is 12.3. The fourth-order valence-corrected chi connectivity index (χ4v) is 3.12. The molecule has 3 heteroatoms. The van der Waals surface area contributed by atoms with Gasteiger partial charge in [0.2, 0.25) is 0 Å². The summed E-state index contributed by atoms with van der Waals surface area (Å²) in [5, 5.41) is 0. The molecule has 1 fully saturated rings. The van der Waals surface area contributed by atoms with Gasteiger partial charge in [0.1, 0.15) is 5.75 Å².